The summed E-state index contributed by atoms with van der Waals surface area (Å²) in [5, 5.41) is 11.9. The number of hydrogen-bond acceptors (Lipinski definition) is 6. The number of nitrogens with zero attached hydrogens (tertiary/aromatic N) is 1. The molecule has 0 aliphatic rings. The van der Waals surface area contributed by atoms with Crippen LogP contribution in [0.25, 0.3) is 10.6 Å². The van der Waals surface area contributed by atoms with Crippen molar-refractivity contribution in [2.75, 3.05) is 6.26 Å². The Morgan fingerprint density at radius 2 is 2.13 bits per heavy atom. The maximum Gasteiger partial charge on any atom is 0.345 e. The maximum absolute atomic E-state index is 11.1. The summed E-state index contributed by atoms with van der Waals surface area (Å²) in [6.07, 6.45) is 1.94. The van der Waals surface area contributed by atoms with E-state index in [2.05, 4.69) is 4.98 Å². The van der Waals surface area contributed by atoms with Gasteiger partial charge in [0.1, 0.15) is 22.2 Å². The highest BCUT2D eigenvalue weighted by molar-refractivity contribution is 8.00. The van der Waals surface area contributed by atoms with Gasteiger partial charge in [0, 0.05) is 10.9 Å². The van der Waals surface area contributed by atoms with E-state index in [9.17, 15) is 4.79 Å². The van der Waals surface area contributed by atoms with Crippen LogP contribution in [0, 0.1) is 0 Å². The van der Waals surface area contributed by atoms with Gasteiger partial charge in [0.15, 0.2) is 0 Å². The highest BCUT2D eigenvalue weighted by Crippen LogP contribution is 2.39. The Bertz CT molecular complexity index is 811. The normalized spacial score (nSPS) is 10.7. The van der Waals surface area contributed by atoms with E-state index in [4.69, 9.17) is 9.84 Å². The van der Waals surface area contributed by atoms with Crippen molar-refractivity contribution in [3.05, 3.63) is 52.3 Å². The van der Waals surface area contributed by atoms with E-state index in [0.29, 0.717) is 11.5 Å². The molecule has 7 heteroatoms. The summed E-state index contributed by atoms with van der Waals surface area (Å²) in [6, 6.07) is 11.3. The number of ether oxygens (including phenoxy) is 1. The van der Waals surface area contributed by atoms with Gasteiger partial charge in [-0.2, -0.15) is 0 Å². The lowest BCUT2D eigenvalue weighted by molar-refractivity contribution is 0.0702. The Balaban J connectivity index is 1.78. The van der Waals surface area contributed by atoms with Crippen LogP contribution in [0.4, 0.5) is 0 Å². The van der Waals surface area contributed by atoms with Gasteiger partial charge in [0.25, 0.3) is 0 Å². The molecule has 2 aromatic heterocycles. The van der Waals surface area contributed by atoms with Crippen molar-refractivity contribution in [2.24, 2.45) is 0 Å². The van der Waals surface area contributed by atoms with Crippen molar-refractivity contribution in [1.82, 2.24) is 4.98 Å². The fourth-order valence-electron chi connectivity index (χ4n) is 1.95. The number of hydrogen-bond donors (Lipinski definition) is 1. The number of para-hydroxylation sites is 1. The molecule has 23 heavy (non-hydrogen) atoms. The first-order chi connectivity index (χ1) is 11.2. The quantitative estimate of drug-likeness (QED) is 0.633. The van der Waals surface area contributed by atoms with E-state index in [1.807, 2.05) is 42.0 Å². The van der Waals surface area contributed by atoms with E-state index in [1.54, 1.807) is 6.07 Å². The lowest BCUT2D eigenvalue weighted by Crippen LogP contribution is -1.95. The van der Waals surface area contributed by atoms with Crippen LogP contribution in [-0.2, 0) is 6.61 Å². The SMILES string of the molecule is CSc1sc(C(=O)O)cc1-c1nc(COc2ccccc2)cs1. The van der Waals surface area contributed by atoms with E-state index in [1.165, 1.54) is 34.4 Å². The van der Waals surface area contributed by atoms with Crippen molar-refractivity contribution in [1.29, 1.82) is 0 Å². The molecular formula is C16H13NO3S3. The second kappa shape index (κ2) is 7.16. The summed E-state index contributed by atoms with van der Waals surface area (Å²) in [5.41, 5.74) is 1.72. The average Bonchev–Trinajstić information content (AvgIpc) is 3.20. The molecule has 3 rings (SSSR count). The molecule has 0 radical (unpaired) electrons. The summed E-state index contributed by atoms with van der Waals surface area (Å²) in [7, 11) is 0. The summed E-state index contributed by atoms with van der Waals surface area (Å²) < 4.78 is 6.65. The first-order valence-corrected chi connectivity index (χ1v) is 9.63. The minimum absolute atomic E-state index is 0.335. The first-order valence-electron chi connectivity index (χ1n) is 6.71. The zero-order valence-corrected chi connectivity index (χ0v) is 14.6. The second-order valence-corrected chi connectivity index (χ2v) is 7.55. The molecule has 0 saturated heterocycles. The zero-order valence-electron chi connectivity index (χ0n) is 12.2. The number of carboxylic acid groups (broad SMARTS) is 1. The molecule has 0 fully saturated rings. The van der Waals surface area contributed by atoms with Crippen molar-refractivity contribution in [2.45, 2.75) is 10.8 Å². The van der Waals surface area contributed by atoms with Crippen LogP contribution in [-0.4, -0.2) is 22.3 Å². The minimum Gasteiger partial charge on any atom is -0.487 e. The van der Waals surface area contributed by atoms with Gasteiger partial charge in [-0.25, -0.2) is 9.78 Å². The predicted molar refractivity (Wildman–Crippen MR) is 94.9 cm³/mol. The predicted octanol–water partition coefficient (Wildman–Crippen LogP) is 4.87. The van der Waals surface area contributed by atoms with Gasteiger partial charge in [-0.05, 0) is 24.5 Å². The molecular weight excluding hydrogens is 350 g/mol. The second-order valence-electron chi connectivity index (χ2n) is 4.57. The molecule has 0 amide bonds. The monoisotopic (exact) mass is 363 g/mol. The van der Waals surface area contributed by atoms with E-state index < -0.39 is 5.97 Å². The minimum atomic E-state index is -0.902. The Morgan fingerprint density at radius 1 is 1.35 bits per heavy atom. The molecule has 118 valence electrons. The largest absolute Gasteiger partial charge is 0.487 e. The molecule has 0 bridgehead atoms. The van der Waals surface area contributed by atoms with Crippen molar-refractivity contribution in [3.63, 3.8) is 0 Å². The van der Waals surface area contributed by atoms with Crippen LogP contribution in [0.2, 0.25) is 0 Å². The third kappa shape index (κ3) is 3.74. The van der Waals surface area contributed by atoms with Crippen LogP contribution in [0.3, 0.4) is 0 Å². The summed E-state index contributed by atoms with van der Waals surface area (Å²) in [5.74, 6) is -0.101. The number of thiophene rings is 1. The topological polar surface area (TPSA) is 59.4 Å². The third-order valence-corrected chi connectivity index (χ3v) is 6.19. The molecule has 0 aliphatic heterocycles. The van der Waals surface area contributed by atoms with Crippen molar-refractivity contribution in [3.8, 4) is 16.3 Å². The molecule has 2 heterocycles. The van der Waals surface area contributed by atoms with E-state index in [-0.39, 0.29) is 0 Å². The van der Waals surface area contributed by atoms with Gasteiger partial charge in [-0.3, -0.25) is 0 Å². The molecule has 1 aromatic carbocycles. The molecule has 0 unspecified atom stereocenters. The van der Waals surface area contributed by atoms with Gasteiger partial charge in [0.2, 0.25) is 0 Å². The molecule has 1 N–H and O–H groups in total. The Morgan fingerprint density at radius 3 is 2.83 bits per heavy atom. The van der Waals surface area contributed by atoms with Crippen LogP contribution in [0.15, 0.2) is 46.0 Å². The zero-order chi connectivity index (χ0) is 16.2. The molecule has 0 aliphatic carbocycles. The fourth-order valence-corrected chi connectivity index (χ4v) is 4.61. The number of carbonyl (C=O) groups is 1. The average molecular weight is 363 g/mol. The number of benzene rings is 1. The molecule has 0 atom stereocenters. The van der Waals surface area contributed by atoms with Crippen LogP contribution >= 0.6 is 34.4 Å². The Labute approximate surface area is 145 Å². The van der Waals surface area contributed by atoms with E-state index >= 15 is 0 Å². The van der Waals surface area contributed by atoms with Gasteiger partial charge >= 0.3 is 5.97 Å². The standard InChI is InChI=1S/C16H13NO3S3/c1-21-16-12(7-13(23-16)15(18)19)14-17-10(9-22-14)8-20-11-5-3-2-4-6-11/h2-7,9H,8H2,1H3,(H,18,19). The summed E-state index contributed by atoms with van der Waals surface area (Å²) in [4.78, 5) is 16.0. The van der Waals surface area contributed by atoms with Crippen LogP contribution < -0.4 is 4.74 Å². The molecule has 0 spiro atoms. The third-order valence-electron chi connectivity index (χ3n) is 3.01. The lowest BCUT2D eigenvalue weighted by atomic mass is 10.3. The van der Waals surface area contributed by atoms with Crippen molar-refractivity contribution >= 4 is 40.4 Å². The van der Waals surface area contributed by atoms with Gasteiger partial charge in [-0.15, -0.1) is 34.4 Å². The van der Waals surface area contributed by atoms with Crippen LogP contribution in [0.1, 0.15) is 15.4 Å². The molecule has 4 nitrogen and oxygen atoms in total. The van der Waals surface area contributed by atoms with Gasteiger partial charge in [0.05, 0.1) is 9.90 Å². The van der Waals surface area contributed by atoms with Crippen molar-refractivity contribution < 1.29 is 14.6 Å². The highest BCUT2D eigenvalue weighted by atomic mass is 32.2. The number of thioether (sulfide) groups is 1. The first kappa shape index (κ1) is 16.0. The molecule has 0 saturated carbocycles. The Hall–Kier alpha value is -1.83. The summed E-state index contributed by atoms with van der Waals surface area (Å²) >= 11 is 4.32. The number of aromatic carboxylic acids is 1. The number of rotatable bonds is 6. The summed E-state index contributed by atoms with van der Waals surface area (Å²) in [6.45, 7) is 0.394. The van der Waals surface area contributed by atoms with Crippen LogP contribution in [0.5, 0.6) is 5.75 Å². The number of thiazole rings is 1. The Kier molecular flexibility index (Phi) is 5.00. The van der Waals surface area contributed by atoms with E-state index in [0.717, 1.165) is 26.2 Å². The smallest absolute Gasteiger partial charge is 0.345 e. The van der Waals surface area contributed by atoms with Gasteiger partial charge in [-0.1, -0.05) is 18.2 Å². The maximum atomic E-state index is 11.1. The lowest BCUT2D eigenvalue weighted by Gasteiger charge is -2.02. The van der Waals surface area contributed by atoms with Gasteiger partial charge < -0.3 is 9.84 Å². The molecule has 3 aromatic rings. The number of carboxylic acids is 1. The number of aromatic nitrogens is 1. The fraction of sp³-hybridized carbons (Fsp3) is 0.125. The highest BCUT2D eigenvalue weighted by Gasteiger charge is 2.17.